The molecule has 0 aromatic rings. The molecule has 0 aliphatic rings. The lowest BCUT2D eigenvalue weighted by atomic mass is 10.2. The Kier molecular flexibility index (Phi) is 20.6. The number of carboxylic acids is 1. The van der Waals surface area contributed by atoms with Gasteiger partial charge in [-0.1, -0.05) is 67.7 Å². The molecule has 0 atom stereocenters. The summed E-state index contributed by atoms with van der Waals surface area (Å²) in [6, 6.07) is 0. The highest BCUT2D eigenvalue weighted by Crippen LogP contribution is 1.99. The summed E-state index contributed by atoms with van der Waals surface area (Å²) in [6.45, 7) is 2.14. The van der Waals surface area contributed by atoms with Gasteiger partial charge in [0, 0.05) is 6.42 Å². The molecule has 0 saturated heterocycles. The fraction of sp³-hybridized carbons (Fsp3) is 0.476. The summed E-state index contributed by atoms with van der Waals surface area (Å²) in [7, 11) is -3.67. The van der Waals surface area contributed by atoms with Gasteiger partial charge in [-0.3, -0.25) is 9.35 Å². The highest BCUT2D eigenvalue weighted by molar-refractivity contribution is 7.85. The summed E-state index contributed by atoms with van der Waals surface area (Å²) in [4.78, 5) is 10.3. The van der Waals surface area contributed by atoms with E-state index in [2.05, 4.69) is 67.7 Å². The van der Waals surface area contributed by atoms with Gasteiger partial charge in [0.2, 0.25) is 0 Å². The van der Waals surface area contributed by atoms with E-state index in [1.165, 1.54) is 0 Å². The van der Waals surface area contributed by atoms with Crippen LogP contribution in [0.3, 0.4) is 0 Å². The zero-order valence-electron chi connectivity index (χ0n) is 16.5. The van der Waals surface area contributed by atoms with E-state index in [1.807, 2.05) is 0 Å². The number of carboxylic acid groups (broad SMARTS) is 1. The van der Waals surface area contributed by atoms with Gasteiger partial charge in [-0.15, -0.1) is 0 Å². The second-order valence-corrected chi connectivity index (χ2v) is 7.19. The summed E-state index contributed by atoms with van der Waals surface area (Å²) in [5.74, 6) is -0.715. The van der Waals surface area contributed by atoms with Gasteiger partial charge in [0.15, 0.2) is 0 Å². The molecule has 154 valence electrons. The monoisotopic (exact) mass is 398 g/mol. The fourth-order valence-corrected chi connectivity index (χ4v) is 1.74. The molecule has 0 aromatic carbocycles. The number of rotatable bonds is 13. The summed E-state index contributed by atoms with van der Waals surface area (Å²) < 4.78 is 25.9. The molecule has 0 amide bonds. The molecule has 0 unspecified atom stereocenters. The molecule has 2 N–H and O–H groups in total. The lowest BCUT2D eigenvalue weighted by Gasteiger charge is -1.89. The normalized spacial score (nSPS) is 12.6. The van der Waals surface area contributed by atoms with Crippen LogP contribution in [0.1, 0.15) is 58.3 Å². The number of hydrogen-bond acceptors (Lipinski definition) is 3. The molecule has 6 heteroatoms. The van der Waals surface area contributed by atoms with Gasteiger partial charge >= 0.3 is 5.97 Å². The molecule has 0 spiro atoms. The topological polar surface area (TPSA) is 91.7 Å². The average molecular weight is 399 g/mol. The van der Waals surface area contributed by atoms with Crippen molar-refractivity contribution in [2.45, 2.75) is 58.3 Å². The van der Waals surface area contributed by atoms with E-state index >= 15 is 0 Å². The van der Waals surface area contributed by atoms with E-state index in [9.17, 15) is 13.2 Å². The Hall–Kier alpha value is -1.92. The largest absolute Gasteiger partial charge is 0.481 e. The maximum atomic E-state index is 10.3. The zero-order valence-corrected chi connectivity index (χ0v) is 17.3. The molecular weight excluding hydrogens is 364 g/mol. The molecule has 0 heterocycles. The predicted molar refractivity (Wildman–Crippen MR) is 113 cm³/mol. The van der Waals surface area contributed by atoms with Crippen LogP contribution in [0, 0.1) is 0 Å². The predicted octanol–water partition coefficient (Wildman–Crippen LogP) is 5.50. The number of carbonyl (C=O) groups is 1. The number of aliphatic carboxylic acids is 1. The van der Waals surface area contributed by atoms with Crippen molar-refractivity contribution in [1.82, 2.24) is 0 Å². The molecule has 0 bridgehead atoms. The van der Waals surface area contributed by atoms with Crippen LogP contribution >= 0.6 is 0 Å². The first-order chi connectivity index (χ1) is 12.8. The van der Waals surface area contributed by atoms with E-state index in [-0.39, 0.29) is 6.42 Å². The summed E-state index contributed by atoms with van der Waals surface area (Å²) in [5, 5.41) is 8.49. The first-order valence-electron chi connectivity index (χ1n) is 9.16. The molecule has 0 aliphatic carbocycles. The van der Waals surface area contributed by atoms with Crippen LogP contribution in [0.4, 0.5) is 0 Å². The highest BCUT2D eigenvalue weighted by Gasteiger charge is 1.92. The van der Waals surface area contributed by atoms with Crippen molar-refractivity contribution in [3.63, 3.8) is 0 Å². The first kappa shape index (κ1) is 27.3. The molecule has 27 heavy (non-hydrogen) atoms. The lowest BCUT2D eigenvalue weighted by molar-refractivity contribution is -0.137. The molecular formula is C21H34O5S. The van der Waals surface area contributed by atoms with Crippen LogP contribution in [0.2, 0.25) is 0 Å². The van der Waals surface area contributed by atoms with Gasteiger partial charge < -0.3 is 5.11 Å². The van der Waals surface area contributed by atoms with Gasteiger partial charge in [0.25, 0.3) is 10.1 Å². The third-order valence-corrected chi connectivity index (χ3v) is 2.92. The Morgan fingerprint density at radius 3 is 1.44 bits per heavy atom. The van der Waals surface area contributed by atoms with Crippen molar-refractivity contribution in [3.8, 4) is 0 Å². The van der Waals surface area contributed by atoms with Crippen LogP contribution < -0.4 is 0 Å². The minimum absolute atomic E-state index is 0.258. The van der Waals surface area contributed by atoms with Crippen molar-refractivity contribution in [1.29, 1.82) is 0 Å². The average Bonchev–Trinajstić information content (AvgIpc) is 2.56. The second kappa shape index (κ2) is 20.4. The smallest absolute Gasteiger partial charge is 0.303 e. The number of unbranched alkanes of at least 4 members (excludes halogenated alkanes) is 1. The van der Waals surface area contributed by atoms with Crippen LogP contribution in [-0.4, -0.2) is 30.3 Å². The fourth-order valence-electron chi connectivity index (χ4n) is 1.74. The SMILES string of the molecule is CC/C=C\C/C=C\C/C=C\C/C=C\C/C=C\CCCC(=O)O.CS(=O)(=O)O. The van der Waals surface area contributed by atoms with E-state index in [1.54, 1.807) is 0 Å². The van der Waals surface area contributed by atoms with E-state index < -0.39 is 16.1 Å². The Balaban J connectivity index is 0. The van der Waals surface area contributed by atoms with Crippen molar-refractivity contribution < 1.29 is 22.9 Å². The van der Waals surface area contributed by atoms with Crippen LogP contribution in [0.15, 0.2) is 60.8 Å². The Morgan fingerprint density at radius 1 is 0.778 bits per heavy atom. The van der Waals surface area contributed by atoms with Gasteiger partial charge in [0.1, 0.15) is 0 Å². The van der Waals surface area contributed by atoms with Crippen LogP contribution in [0.5, 0.6) is 0 Å². The zero-order chi connectivity index (χ0) is 20.8. The second-order valence-electron chi connectivity index (χ2n) is 5.73. The summed E-state index contributed by atoms with van der Waals surface area (Å²) >= 11 is 0. The minimum atomic E-state index is -3.67. The van der Waals surface area contributed by atoms with E-state index in [4.69, 9.17) is 9.66 Å². The molecule has 5 nitrogen and oxygen atoms in total. The lowest BCUT2D eigenvalue weighted by Crippen LogP contribution is -1.92. The van der Waals surface area contributed by atoms with Gasteiger partial charge in [-0.2, -0.15) is 8.42 Å². The third kappa shape index (κ3) is 40.2. The number of allylic oxidation sites excluding steroid dienone is 10. The molecule has 0 radical (unpaired) electrons. The summed E-state index contributed by atoms with van der Waals surface area (Å²) in [5.41, 5.74) is 0. The van der Waals surface area contributed by atoms with Gasteiger partial charge in [0.05, 0.1) is 6.26 Å². The van der Waals surface area contributed by atoms with Crippen molar-refractivity contribution >= 4 is 16.1 Å². The van der Waals surface area contributed by atoms with E-state index in [0.29, 0.717) is 6.26 Å². The Labute approximate surface area is 164 Å². The van der Waals surface area contributed by atoms with E-state index in [0.717, 1.165) is 44.9 Å². The maximum absolute atomic E-state index is 10.3. The molecule has 0 rings (SSSR count). The van der Waals surface area contributed by atoms with Crippen LogP contribution in [-0.2, 0) is 14.9 Å². The quantitative estimate of drug-likeness (QED) is 0.243. The molecule has 0 fully saturated rings. The highest BCUT2D eigenvalue weighted by atomic mass is 32.2. The van der Waals surface area contributed by atoms with Crippen molar-refractivity contribution in [2.24, 2.45) is 0 Å². The van der Waals surface area contributed by atoms with Crippen LogP contribution in [0.25, 0.3) is 0 Å². The standard InChI is InChI=1S/C20H30O2.CH4O3S/c1-2-3-4-5-6-7-8-9-10-11-12-13-14-15-16-17-18-19-20(21)22;1-5(2,3)4/h3-4,6-7,9-10,12-13,15-16H,2,5,8,11,14,17-19H2,1H3,(H,21,22);1H3,(H,2,3,4)/b4-3-,7-6-,10-9-,13-12-,16-15-;. The number of hydrogen-bond donors (Lipinski definition) is 2. The van der Waals surface area contributed by atoms with Gasteiger partial charge in [-0.25, -0.2) is 0 Å². The Morgan fingerprint density at radius 2 is 1.11 bits per heavy atom. The Bertz CT molecular complexity index is 588. The molecule has 0 aliphatic heterocycles. The van der Waals surface area contributed by atoms with Crippen molar-refractivity contribution in [2.75, 3.05) is 6.26 Å². The third-order valence-electron chi connectivity index (χ3n) is 2.92. The molecule has 0 saturated carbocycles. The summed E-state index contributed by atoms with van der Waals surface area (Å²) in [6.07, 6.45) is 29.2. The van der Waals surface area contributed by atoms with Gasteiger partial charge in [-0.05, 0) is 44.9 Å². The maximum Gasteiger partial charge on any atom is 0.303 e. The first-order valence-corrected chi connectivity index (χ1v) is 11.0. The molecule has 0 aromatic heterocycles. The minimum Gasteiger partial charge on any atom is -0.481 e. The van der Waals surface area contributed by atoms with Crippen molar-refractivity contribution in [3.05, 3.63) is 60.8 Å².